The molecule has 0 saturated carbocycles. The highest BCUT2D eigenvalue weighted by Gasteiger charge is 2.23. The second kappa shape index (κ2) is 5.13. The van der Waals surface area contributed by atoms with E-state index in [2.05, 4.69) is 10.1 Å². The molecular formula is C13H14N2O3S. The number of aromatic hydroxyl groups is 2. The molecule has 1 atom stereocenters. The number of hydrogen-bond acceptors (Lipinski definition) is 6. The minimum atomic E-state index is -0.0634. The molecule has 2 N–H and O–H groups in total. The minimum Gasteiger partial charge on any atom is -0.507 e. The molecule has 19 heavy (non-hydrogen) atoms. The third kappa shape index (κ3) is 2.40. The van der Waals surface area contributed by atoms with E-state index in [1.807, 2.05) is 11.8 Å². The molecule has 2 aromatic rings. The molecule has 1 aliphatic heterocycles. The second-order valence-corrected chi connectivity index (χ2v) is 5.79. The first kappa shape index (κ1) is 12.3. The zero-order valence-electron chi connectivity index (χ0n) is 10.2. The molecule has 3 rings (SSSR count). The van der Waals surface area contributed by atoms with Crippen LogP contribution < -0.4 is 0 Å². The summed E-state index contributed by atoms with van der Waals surface area (Å²) >= 11 is 1.82. The summed E-state index contributed by atoms with van der Waals surface area (Å²) in [6, 6.07) is 4.52. The molecule has 1 saturated heterocycles. The normalized spacial score (nSPS) is 19.5. The Morgan fingerprint density at radius 3 is 2.68 bits per heavy atom. The summed E-state index contributed by atoms with van der Waals surface area (Å²) in [5.41, 5.74) is 0.196. The van der Waals surface area contributed by atoms with Crippen LogP contribution >= 0.6 is 11.8 Å². The highest BCUT2D eigenvalue weighted by molar-refractivity contribution is 7.99. The van der Waals surface area contributed by atoms with Crippen molar-refractivity contribution in [3.05, 3.63) is 24.0 Å². The van der Waals surface area contributed by atoms with E-state index >= 15 is 0 Å². The van der Waals surface area contributed by atoms with Crippen LogP contribution in [0.25, 0.3) is 11.5 Å². The van der Waals surface area contributed by atoms with E-state index in [0.29, 0.717) is 5.82 Å². The van der Waals surface area contributed by atoms with Crippen molar-refractivity contribution in [1.29, 1.82) is 0 Å². The first-order valence-corrected chi connectivity index (χ1v) is 7.27. The van der Waals surface area contributed by atoms with Crippen LogP contribution in [0.2, 0.25) is 0 Å². The molecule has 0 bridgehead atoms. The largest absolute Gasteiger partial charge is 0.507 e. The lowest BCUT2D eigenvalue weighted by atomic mass is 10.1. The molecule has 0 aliphatic carbocycles. The topological polar surface area (TPSA) is 79.4 Å². The molecule has 1 fully saturated rings. The lowest BCUT2D eigenvalue weighted by molar-refractivity contribution is 0.408. The molecule has 0 spiro atoms. The van der Waals surface area contributed by atoms with Crippen LogP contribution in [0, 0.1) is 0 Å². The Hall–Kier alpha value is -1.69. The highest BCUT2D eigenvalue weighted by Crippen LogP contribution is 2.40. The van der Waals surface area contributed by atoms with Gasteiger partial charge in [-0.25, -0.2) is 0 Å². The quantitative estimate of drug-likeness (QED) is 0.878. The number of benzene rings is 1. The molecule has 0 amide bonds. The van der Waals surface area contributed by atoms with Crippen molar-refractivity contribution in [1.82, 2.24) is 10.1 Å². The standard InChI is InChI=1S/C13H14N2O3S/c16-8-4-3-5-9(17)11(8)13-14-12(15-18-13)10-6-1-2-7-19-10/h3-5,10,16-17H,1-2,6-7H2. The first-order valence-electron chi connectivity index (χ1n) is 6.22. The van der Waals surface area contributed by atoms with Gasteiger partial charge in [0.2, 0.25) is 0 Å². The van der Waals surface area contributed by atoms with Gasteiger partial charge in [-0.3, -0.25) is 0 Å². The molecule has 2 heterocycles. The Morgan fingerprint density at radius 2 is 2.00 bits per heavy atom. The van der Waals surface area contributed by atoms with Gasteiger partial charge in [0.25, 0.3) is 5.89 Å². The summed E-state index contributed by atoms with van der Waals surface area (Å²) in [4.78, 5) is 4.31. The first-order chi connectivity index (χ1) is 9.25. The lowest BCUT2D eigenvalue weighted by Crippen LogP contribution is -2.03. The Kier molecular flexibility index (Phi) is 3.33. The van der Waals surface area contributed by atoms with Crippen LogP contribution in [-0.2, 0) is 0 Å². The molecule has 100 valence electrons. The summed E-state index contributed by atoms with van der Waals surface area (Å²) in [7, 11) is 0. The fourth-order valence-electron chi connectivity index (χ4n) is 2.16. The predicted octanol–water partition coefficient (Wildman–Crippen LogP) is 3.11. The summed E-state index contributed by atoms with van der Waals surface area (Å²) in [6.45, 7) is 0. The maximum absolute atomic E-state index is 9.77. The Bertz CT molecular complexity index is 559. The van der Waals surface area contributed by atoms with Crippen molar-refractivity contribution >= 4 is 11.8 Å². The highest BCUT2D eigenvalue weighted by atomic mass is 32.2. The monoisotopic (exact) mass is 278 g/mol. The van der Waals surface area contributed by atoms with E-state index in [-0.39, 0.29) is 28.2 Å². The molecule has 5 nitrogen and oxygen atoms in total. The van der Waals surface area contributed by atoms with Gasteiger partial charge < -0.3 is 14.7 Å². The maximum atomic E-state index is 9.77. The molecule has 1 aromatic heterocycles. The fraction of sp³-hybridized carbons (Fsp3) is 0.385. The molecular weight excluding hydrogens is 264 g/mol. The Balaban J connectivity index is 1.92. The van der Waals surface area contributed by atoms with Crippen LogP contribution in [0.5, 0.6) is 11.5 Å². The number of aromatic nitrogens is 2. The van der Waals surface area contributed by atoms with Crippen molar-refractivity contribution in [3.63, 3.8) is 0 Å². The van der Waals surface area contributed by atoms with Gasteiger partial charge in [-0.15, -0.1) is 0 Å². The summed E-state index contributed by atoms with van der Waals surface area (Å²) in [5.74, 6) is 1.79. The fourth-order valence-corrected chi connectivity index (χ4v) is 3.39. The van der Waals surface area contributed by atoms with Crippen LogP contribution in [0.1, 0.15) is 30.3 Å². The molecule has 1 aliphatic rings. The van der Waals surface area contributed by atoms with E-state index in [1.165, 1.54) is 25.0 Å². The Morgan fingerprint density at radius 1 is 1.21 bits per heavy atom. The van der Waals surface area contributed by atoms with Gasteiger partial charge in [0.1, 0.15) is 17.1 Å². The predicted molar refractivity (Wildman–Crippen MR) is 72.1 cm³/mol. The van der Waals surface area contributed by atoms with Crippen molar-refractivity contribution in [2.45, 2.75) is 24.5 Å². The van der Waals surface area contributed by atoms with Gasteiger partial charge in [0.05, 0.1) is 5.25 Å². The van der Waals surface area contributed by atoms with Gasteiger partial charge in [0, 0.05) is 0 Å². The average molecular weight is 278 g/mol. The molecule has 1 aromatic carbocycles. The van der Waals surface area contributed by atoms with Gasteiger partial charge in [0.15, 0.2) is 5.82 Å². The van der Waals surface area contributed by atoms with E-state index in [9.17, 15) is 10.2 Å². The summed E-state index contributed by atoms with van der Waals surface area (Å²) < 4.78 is 5.17. The zero-order valence-corrected chi connectivity index (χ0v) is 11.1. The van der Waals surface area contributed by atoms with Gasteiger partial charge in [-0.1, -0.05) is 17.6 Å². The molecule has 1 unspecified atom stereocenters. The SMILES string of the molecule is Oc1cccc(O)c1-c1nc(C2CCCCS2)no1. The van der Waals surface area contributed by atoms with Crippen molar-refractivity contribution in [2.75, 3.05) is 5.75 Å². The van der Waals surface area contributed by atoms with Gasteiger partial charge in [-0.05, 0) is 30.7 Å². The van der Waals surface area contributed by atoms with Crippen LogP contribution in [0.15, 0.2) is 22.7 Å². The second-order valence-electron chi connectivity index (χ2n) is 4.48. The van der Waals surface area contributed by atoms with Crippen molar-refractivity contribution < 1.29 is 14.7 Å². The zero-order chi connectivity index (χ0) is 13.2. The van der Waals surface area contributed by atoms with E-state index in [4.69, 9.17) is 4.52 Å². The van der Waals surface area contributed by atoms with Gasteiger partial charge in [-0.2, -0.15) is 16.7 Å². The van der Waals surface area contributed by atoms with Crippen LogP contribution in [0.4, 0.5) is 0 Å². The number of phenols is 2. The third-order valence-electron chi connectivity index (χ3n) is 3.14. The van der Waals surface area contributed by atoms with Gasteiger partial charge >= 0.3 is 0 Å². The van der Waals surface area contributed by atoms with Crippen molar-refractivity contribution in [3.8, 4) is 23.0 Å². The number of hydrogen-bond donors (Lipinski definition) is 2. The number of nitrogens with zero attached hydrogens (tertiary/aromatic N) is 2. The smallest absolute Gasteiger partial charge is 0.265 e. The maximum Gasteiger partial charge on any atom is 0.265 e. The molecule has 0 radical (unpaired) electrons. The number of thioether (sulfide) groups is 1. The van der Waals surface area contributed by atoms with E-state index in [0.717, 1.165) is 12.2 Å². The average Bonchev–Trinajstić information content (AvgIpc) is 2.89. The van der Waals surface area contributed by atoms with E-state index < -0.39 is 0 Å². The Labute approximate surface area is 114 Å². The number of phenolic OH excluding ortho intramolecular Hbond substituents is 2. The van der Waals surface area contributed by atoms with Crippen LogP contribution in [-0.4, -0.2) is 26.1 Å². The van der Waals surface area contributed by atoms with Crippen LogP contribution in [0.3, 0.4) is 0 Å². The minimum absolute atomic E-state index is 0.0634. The van der Waals surface area contributed by atoms with Crippen molar-refractivity contribution in [2.24, 2.45) is 0 Å². The lowest BCUT2D eigenvalue weighted by Gasteiger charge is -2.17. The van der Waals surface area contributed by atoms with E-state index in [1.54, 1.807) is 6.07 Å². The number of rotatable bonds is 2. The summed E-state index contributed by atoms with van der Waals surface area (Å²) in [5, 5.41) is 23.8. The summed E-state index contributed by atoms with van der Waals surface area (Å²) in [6.07, 6.45) is 3.44. The third-order valence-corrected chi connectivity index (χ3v) is 4.52. The molecule has 6 heteroatoms.